The lowest BCUT2D eigenvalue weighted by Gasteiger charge is -2.18. The van der Waals surface area contributed by atoms with Crippen molar-refractivity contribution in [1.29, 1.82) is 5.26 Å². The number of hydrogen-bond acceptors (Lipinski definition) is 4. The van der Waals surface area contributed by atoms with E-state index in [0.717, 1.165) is 0 Å². The standard InChI is InChI=1S/C19H14N4O2/c20-11-5-9-15-17-21-14-8-3-1-6-12(14)19(25)23(17)16-10-4-2-7-13(16)18(24)22-15/h1-4,6-8,10,15H,5,9H2,(H,22,24)/t15-/m1/s1. The van der Waals surface area contributed by atoms with Crippen molar-refractivity contribution in [2.75, 3.05) is 0 Å². The monoisotopic (exact) mass is 330 g/mol. The Balaban J connectivity index is 2.09. The second-order valence-electron chi connectivity index (χ2n) is 5.87. The lowest BCUT2D eigenvalue weighted by Crippen LogP contribution is -2.30. The zero-order valence-corrected chi connectivity index (χ0v) is 13.3. The number of carbonyl (C=O) groups is 1. The number of aromatic nitrogens is 2. The lowest BCUT2D eigenvalue weighted by atomic mass is 10.1. The van der Waals surface area contributed by atoms with E-state index in [1.807, 2.05) is 6.07 Å². The predicted octanol–water partition coefficient (Wildman–Crippen LogP) is 2.47. The summed E-state index contributed by atoms with van der Waals surface area (Å²) in [6, 6.07) is 15.7. The number of rotatable bonds is 2. The molecule has 0 saturated carbocycles. The van der Waals surface area contributed by atoms with Crippen LogP contribution in [0.3, 0.4) is 0 Å². The highest BCUT2D eigenvalue weighted by molar-refractivity contribution is 5.98. The van der Waals surface area contributed by atoms with Gasteiger partial charge in [0, 0.05) is 6.42 Å². The molecule has 1 amide bonds. The minimum atomic E-state index is -0.503. The smallest absolute Gasteiger partial charge is 0.266 e. The van der Waals surface area contributed by atoms with Crippen LogP contribution in [0.4, 0.5) is 0 Å². The molecule has 0 unspecified atom stereocenters. The zero-order chi connectivity index (χ0) is 17.4. The van der Waals surface area contributed by atoms with E-state index >= 15 is 0 Å². The van der Waals surface area contributed by atoms with Gasteiger partial charge in [-0.3, -0.25) is 14.2 Å². The van der Waals surface area contributed by atoms with E-state index in [9.17, 15) is 9.59 Å². The molecule has 0 aliphatic carbocycles. The third kappa shape index (κ3) is 2.37. The number of nitriles is 1. The van der Waals surface area contributed by atoms with Gasteiger partial charge in [0.15, 0.2) is 0 Å². The maximum atomic E-state index is 13.1. The van der Waals surface area contributed by atoms with E-state index in [4.69, 9.17) is 5.26 Å². The van der Waals surface area contributed by atoms with Gasteiger partial charge in [0.05, 0.1) is 34.3 Å². The van der Waals surface area contributed by atoms with Gasteiger partial charge in [-0.15, -0.1) is 0 Å². The van der Waals surface area contributed by atoms with Gasteiger partial charge in [-0.2, -0.15) is 5.26 Å². The number of para-hydroxylation sites is 2. The summed E-state index contributed by atoms with van der Waals surface area (Å²) in [6.45, 7) is 0. The summed E-state index contributed by atoms with van der Waals surface area (Å²) in [5, 5.41) is 12.3. The molecule has 1 N–H and O–H groups in total. The molecule has 6 nitrogen and oxygen atoms in total. The van der Waals surface area contributed by atoms with Crippen LogP contribution in [0, 0.1) is 11.3 Å². The van der Waals surface area contributed by atoms with Crippen LogP contribution in [0.1, 0.15) is 35.1 Å². The highest BCUT2D eigenvalue weighted by Gasteiger charge is 2.28. The molecule has 1 aliphatic rings. The molecule has 4 rings (SSSR count). The Morgan fingerprint density at radius 2 is 1.88 bits per heavy atom. The summed E-state index contributed by atoms with van der Waals surface area (Å²) in [6.07, 6.45) is 0.644. The third-order valence-electron chi connectivity index (χ3n) is 4.35. The minimum Gasteiger partial charge on any atom is -0.342 e. The molecule has 1 aliphatic heterocycles. The second-order valence-corrected chi connectivity index (χ2v) is 5.87. The van der Waals surface area contributed by atoms with Gasteiger partial charge in [0.25, 0.3) is 11.5 Å². The van der Waals surface area contributed by atoms with Crippen LogP contribution in [-0.4, -0.2) is 15.5 Å². The van der Waals surface area contributed by atoms with Gasteiger partial charge < -0.3 is 5.32 Å². The first-order chi connectivity index (χ1) is 12.2. The highest BCUT2D eigenvalue weighted by Crippen LogP contribution is 2.26. The van der Waals surface area contributed by atoms with E-state index in [0.29, 0.717) is 34.4 Å². The minimum absolute atomic E-state index is 0.216. The molecule has 2 aromatic carbocycles. The van der Waals surface area contributed by atoms with Crippen LogP contribution in [-0.2, 0) is 0 Å². The van der Waals surface area contributed by atoms with Gasteiger partial charge in [-0.05, 0) is 30.7 Å². The zero-order valence-electron chi connectivity index (χ0n) is 13.3. The Hall–Kier alpha value is -3.46. The predicted molar refractivity (Wildman–Crippen MR) is 92.4 cm³/mol. The summed E-state index contributed by atoms with van der Waals surface area (Å²) < 4.78 is 1.50. The normalized spacial score (nSPS) is 15.6. The quantitative estimate of drug-likeness (QED) is 0.782. The fraction of sp³-hybridized carbons (Fsp3) is 0.158. The van der Waals surface area contributed by atoms with Gasteiger partial charge >= 0.3 is 0 Å². The summed E-state index contributed by atoms with van der Waals surface area (Å²) in [4.78, 5) is 30.4. The molecule has 1 atom stereocenters. The first-order valence-electron chi connectivity index (χ1n) is 7.99. The largest absolute Gasteiger partial charge is 0.342 e. The molecule has 0 bridgehead atoms. The van der Waals surface area contributed by atoms with Gasteiger partial charge in [-0.25, -0.2) is 4.98 Å². The van der Waals surface area contributed by atoms with Gasteiger partial charge in [0.2, 0.25) is 0 Å². The second kappa shape index (κ2) is 5.87. The Labute approximate surface area is 143 Å². The fourth-order valence-corrected chi connectivity index (χ4v) is 3.19. The first-order valence-corrected chi connectivity index (χ1v) is 7.99. The van der Waals surface area contributed by atoms with Crippen LogP contribution >= 0.6 is 0 Å². The highest BCUT2D eigenvalue weighted by atomic mass is 16.2. The van der Waals surface area contributed by atoms with Gasteiger partial charge in [-0.1, -0.05) is 24.3 Å². The maximum Gasteiger partial charge on any atom is 0.266 e. The average molecular weight is 330 g/mol. The van der Waals surface area contributed by atoms with Gasteiger partial charge in [0.1, 0.15) is 5.82 Å². The van der Waals surface area contributed by atoms with Crippen molar-refractivity contribution in [2.24, 2.45) is 0 Å². The van der Waals surface area contributed by atoms with Crippen LogP contribution in [0.5, 0.6) is 0 Å². The van der Waals surface area contributed by atoms with E-state index < -0.39 is 6.04 Å². The van der Waals surface area contributed by atoms with Crippen LogP contribution in [0.15, 0.2) is 53.3 Å². The van der Waals surface area contributed by atoms with Crippen molar-refractivity contribution < 1.29 is 4.79 Å². The van der Waals surface area contributed by atoms with Crippen LogP contribution in [0.2, 0.25) is 0 Å². The van der Waals surface area contributed by atoms with Crippen LogP contribution in [0.25, 0.3) is 16.6 Å². The number of hydrogen-bond donors (Lipinski definition) is 1. The molecule has 25 heavy (non-hydrogen) atoms. The van der Waals surface area contributed by atoms with E-state index in [1.165, 1.54) is 4.57 Å². The molecule has 3 aromatic rings. The number of nitrogens with zero attached hydrogens (tertiary/aromatic N) is 3. The van der Waals surface area contributed by atoms with Crippen molar-refractivity contribution in [3.63, 3.8) is 0 Å². The third-order valence-corrected chi connectivity index (χ3v) is 4.35. The molecule has 0 spiro atoms. The average Bonchev–Trinajstić information content (AvgIpc) is 2.76. The number of amides is 1. The molecule has 0 radical (unpaired) electrons. The molecule has 0 fully saturated rings. The van der Waals surface area contributed by atoms with Crippen molar-refractivity contribution in [3.05, 3.63) is 70.3 Å². The SMILES string of the molecule is N#CCC[C@H]1NC(=O)c2ccccc2-n2c1nc1ccccc1c2=O. The Morgan fingerprint density at radius 3 is 2.72 bits per heavy atom. The van der Waals surface area contributed by atoms with Crippen LogP contribution < -0.4 is 10.9 Å². The van der Waals surface area contributed by atoms with E-state index in [1.54, 1.807) is 42.5 Å². The molecule has 1 aromatic heterocycles. The van der Waals surface area contributed by atoms with E-state index in [2.05, 4.69) is 16.4 Å². The lowest BCUT2D eigenvalue weighted by molar-refractivity contribution is 0.0936. The summed E-state index contributed by atoms with van der Waals surface area (Å²) in [5.41, 5.74) is 1.29. The first kappa shape index (κ1) is 15.1. The fourth-order valence-electron chi connectivity index (χ4n) is 3.19. The molecule has 0 saturated heterocycles. The maximum absolute atomic E-state index is 13.1. The van der Waals surface area contributed by atoms with Crippen molar-refractivity contribution in [3.8, 4) is 11.8 Å². The molecular weight excluding hydrogens is 316 g/mol. The summed E-state index contributed by atoms with van der Waals surface area (Å²) in [5.74, 6) is 0.185. The Bertz CT molecular complexity index is 1090. The van der Waals surface area contributed by atoms with Crippen molar-refractivity contribution >= 4 is 16.8 Å². The Kier molecular flexibility index (Phi) is 3.55. The number of benzene rings is 2. The van der Waals surface area contributed by atoms with Crippen molar-refractivity contribution in [1.82, 2.24) is 14.9 Å². The molecule has 6 heteroatoms. The number of fused-ring (bicyclic) bond motifs is 4. The molecule has 122 valence electrons. The molecule has 2 heterocycles. The van der Waals surface area contributed by atoms with Crippen molar-refractivity contribution in [2.45, 2.75) is 18.9 Å². The Morgan fingerprint density at radius 1 is 1.12 bits per heavy atom. The number of nitrogens with one attached hydrogen (secondary N) is 1. The number of carbonyl (C=O) groups excluding carboxylic acids is 1. The summed E-state index contributed by atoms with van der Waals surface area (Å²) in [7, 11) is 0. The summed E-state index contributed by atoms with van der Waals surface area (Å²) >= 11 is 0. The topological polar surface area (TPSA) is 87.8 Å². The molecular formula is C19H14N4O2. The van der Waals surface area contributed by atoms with E-state index in [-0.39, 0.29) is 17.9 Å².